The predicted octanol–water partition coefficient (Wildman–Crippen LogP) is 3.08. The van der Waals surface area contributed by atoms with Crippen molar-refractivity contribution in [2.45, 2.75) is 52.1 Å². The summed E-state index contributed by atoms with van der Waals surface area (Å²) < 4.78 is 0. The van der Waals surface area contributed by atoms with Crippen LogP contribution in [0.25, 0.3) is 0 Å². The van der Waals surface area contributed by atoms with Crippen LogP contribution >= 0.6 is 0 Å². The molecule has 0 aromatic rings. The van der Waals surface area contributed by atoms with E-state index in [0.717, 1.165) is 29.6 Å². The monoisotopic (exact) mass is 208 g/mol. The first kappa shape index (κ1) is 10.1. The quantitative estimate of drug-likeness (QED) is 0.702. The molecule has 1 N–H and O–H groups in total. The molecule has 3 aliphatic carbocycles. The van der Waals surface area contributed by atoms with Crippen molar-refractivity contribution in [2.75, 3.05) is 0 Å². The summed E-state index contributed by atoms with van der Waals surface area (Å²) in [6.07, 6.45) is 7.06. The Morgan fingerprint density at radius 2 is 1.73 bits per heavy atom. The van der Waals surface area contributed by atoms with E-state index in [2.05, 4.69) is 6.92 Å². The molecule has 3 saturated carbocycles. The van der Waals surface area contributed by atoms with Gasteiger partial charge in [-0.2, -0.15) is 0 Å². The van der Waals surface area contributed by atoms with Gasteiger partial charge < -0.3 is 5.11 Å². The smallest absolute Gasteiger partial charge is 0.0543 e. The summed E-state index contributed by atoms with van der Waals surface area (Å²) in [4.78, 5) is 0. The van der Waals surface area contributed by atoms with Crippen LogP contribution in [-0.4, -0.2) is 11.2 Å². The molecule has 0 heterocycles. The summed E-state index contributed by atoms with van der Waals surface area (Å²) in [6, 6.07) is 0. The molecule has 3 aliphatic rings. The molecular formula is C14H24O. The minimum absolute atomic E-state index is 0.0675. The minimum Gasteiger partial charge on any atom is -0.393 e. The van der Waals surface area contributed by atoms with Crippen molar-refractivity contribution < 1.29 is 5.11 Å². The SMILES string of the molecule is CC1C2CCC3C(C2)CC1C[C@@H]3C(C)O. The number of fused-ring (bicyclic) bond motifs is 2. The van der Waals surface area contributed by atoms with Gasteiger partial charge in [0.15, 0.2) is 0 Å². The molecule has 3 fully saturated rings. The number of hydrogen-bond acceptors (Lipinski definition) is 1. The van der Waals surface area contributed by atoms with E-state index in [1.54, 1.807) is 0 Å². The third-order valence-electron chi connectivity index (χ3n) is 5.92. The van der Waals surface area contributed by atoms with Crippen molar-refractivity contribution >= 4 is 0 Å². The molecule has 0 aliphatic heterocycles. The van der Waals surface area contributed by atoms with Gasteiger partial charge in [-0.05, 0) is 74.5 Å². The van der Waals surface area contributed by atoms with Gasteiger partial charge in [0.1, 0.15) is 0 Å². The van der Waals surface area contributed by atoms with Gasteiger partial charge in [-0.15, -0.1) is 0 Å². The van der Waals surface area contributed by atoms with Crippen molar-refractivity contribution in [3.05, 3.63) is 0 Å². The normalized spacial score (nSPS) is 55.4. The van der Waals surface area contributed by atoms with Crippen LogP contribution in [0.5, 0.6) is 0 Å². The first-order valence-electron chi connectivity index (χ1n) is 6.85. The maximum atomic E-state index is 9.94. The fourth-order valence-electron chi connectivity index (χ4n) is 5.01. The predicted molar refractivity (Wildman–Crippen MR) is 61.4 cm³/mol. The minimum atomic E-state index is -0.0675. The number of rotatable bonds is 1. The standard InChI is InChI=1S/C14H24O/c1-8-10-3-4-13-12(5-10)6-11(8)7-14(13)9(2)15/h8-15H,3-7H2,1-2H3/t8?,9?,10?,11?,12?,13?,14-/m1/s1. The number of hydrogen-bond donors (Lipinski definition) is 1. The Kier molecular flexibility index (Phi) is 2.35. The molecule has 1 heteroatoms. The fraction of sp³-hybridized carbons (Fsp3) is 1.00. The molecule has 3 bridgehead atoms. The summed E-state index contributed by atoms with van der Waals surface area (Å²) >= 11 is 0. The van der Waals surface area contributed by atoms with Crippen LogP contribution < -0.4 is 0 Å². The summed E-state index contributed by atoms with van der Waals surface area (Å²) in [7, 11) is 0. The Hall–Kier alpha value is -0.0400. The zero-order chi connectivity index (χ0) is 10.6. The molecule has 3 rings (SSSR count). The molecule has 0 aromatic carbocycles. The maximum absolute atomic E-state index is 9.94. The Labute approximate surface area is 93.3 Å². The second kappa shape index (κ2) is 3.48. The van der Waals surface area contributed by atoms with Crippen LogP contribution in [0, 0.1) is 35.5 Å². The van der Waals surface area contributed by atoms with Crippen molar-refractivity contribution in [1.29, 1.82) is 0 Å². The second-order valence-electron chi connectivity index (χ2n) is 6.49. The molecular weight excluding hydrogens is 184 g/mol. The van der Waals surface area contributed by atoms with Crippen LogP contribution in [0.4, 0.5) is 0 Å². The van der Waals surface area contributed by atoms with Gasteiger partial charge in [0.05, 0.1) is 6.10 Å². The molecule has 0 saturated heterocycles. The number of aliphatic hydroxyl groups excluding tert-OH is 1. The zero-order valence-electron chi connectivity index (χ0n) is 10.0. The average molecular weight is 208 g/mol. The highest BCUT2D eigenvalue weighted by Crippen LogP contribution is 2.57. The Morgan fingerprint density at radius 3 is 2.47 bits per heavy atom. The van der Waals surface area contributed by atoms with Gasteiger partial charge in [-0.3, -0.25) is 0 Å². The van der Waals surface area contributed by atoms with Crippen molar-refractivity contribution in [3.63, 3.8) is 0 Å². The molecule has 15 heavy (non-hydrogen) atoms. The molecule has 0 amide bonds. The fourth-order valence-corrected chi connectivity index (χ4v) is 5.01. The van der Waals surface area contributed by atoms with Gasteiger partial charge in [-0.1, -0.05) is 6.92 Å². The van der Waals surface area contributed by atoms with Gasteiger partial charge in [0.25, 0.3) is 0 Å². The second-order valence-corrected chi connectivity index (χ2v) is 6.49. The van der Waals surface area contributed by atoms with Crippen molar-refractivity contribution in [2.24, 2.45) is 35.5 Å². The van der Waals surface area contributed by atoms with E-state index in [-0.39, 0.29) is 6.10 Å². The van der Waals surface area contributed by atoms with Crippen LogP contribution in [0.1, 0.15) is 46.0 Å². The van der Waals surface area contributed by atoms with Crippen LogP contribution in [0.2, 0.25) is 0 Å². The summed E-state index contributed by atoms with van der Waals surface area (Å²) in [5.41, 5.74) is 0. The molecule has 0 radical (unpaired) electrons. The van der Waals surface area contributed by atoms with E-state index in [0.29, 0.717) is 5.92 Å². The van der Waals surface area contributed by atoms with Crippen LogP contribution in [-0.2, 0) is 0 Å². The first-order valence-corrected chi connectivity index (χ1v) is 6.85. The van der Waals surface area contributed by atoms with Gasteiger partial charge in [0, 0.05) is 0 Å². The average Bonchev–Trinajstić information content (AvgIpc) is 2.23. The lowest BCUT2D eigenvalue weighted by Crippen LogP contribution is -2.48. The lowest BCUT2D eigenvalue weighted by atomic mass is 9.50. The highest BCUT2D eigenvalue weighted by molar-refractivity contribution is 4.99. The van der Waals surface area contributed by atoms with E-state index in [9.17, 15) is 5.11 Å². The highest BCUT2D eigenvalue weighted by Gasteiger charge is 2.49. The zero-order valence-corrected chi connectivity index (χ0v) is 10.0. The molecule has 0 spiro atoms. The summed E-state index contributed by atoms with van der Waals surface area (Å²) in [5, 5.41) is 9.94. The van der Waals surface area contributed by atoms with Gasteiger partial charge in [0.2, 0.25) is 0 Å². The lowest BCUT2D eigenvalue weighted by Gasteiger charge is -2.55. The van der Waals surface area contributed by atoms with E-state index in [1.807, 2.05) is 6.92 Å². The Bertz CT molecular complexity index is 246. The Balaban J connectivity index is 1.87. The van der Waals surface area contributed by atoms with E-state index < -0.39 is 0 Å². The molecule has 86 valence electrons. The van der Waals surface area contributed by atoms with Gasteiger partial charge in [-0.25, -0.2) is 0 Å². The van der Waals surface area contributed by atoms with E-state index >= 15 is 0 Å². The summed E-state index contributed by atoms with van der Waals surface area (Å²) in [6.45, 7) is 4.48. The van der Waals surface area contributed by atoms with E-state index in [1.165, 1.54) is 32.1 Å². The van der Waals surface area contributed by atoms with Crippen LogP contribution in [0.15, 0.2) is 0 Å². The largest absolute Gasteiger partial charge is 0.393 e. The van der Waals surface area contributed by atoms with Gasteiger partial charge >= 0.3 is 0 Å². The third kappa shape index (κ3) is 1.46. The lowest BCUT2D eigenvalue weighted by molar-refractivity contribution is -0.0807. The first-order chi connectivity index (χ1) is 7.16. The highest BCUT2D eigenvalue weighted by atomic mass is 16.3. The summed E-state index contributed by atoms with van der Waals surface area (Å²) in [5.74, 6) is 5.36. The molecule has 6 unspecified atom stereocenters. The van der Waals surface area contributed by atoms with Crippen LogP contribution in [0.3, 0.4) is 0 Å². The van der Waals surface area contributed by atoms with Crippen molar-refractivity contribution in [1.82, 2.24) is 0 Å². The van der Waals surface area contributed by atoms with E-state index in [4.69, 9.17) is 0 Å². The molecule has 7 atom stereocenters. The topological polar surface area (TPSA) is 20.2 Å². The molecule has 0 aromatic heterocycles. The molecule has 1 nitrogen and oxygen atoms in total. The number of aliphatic hydroxyl groups is 1. The maximum Gasteiger partial charge on any atom is 0.0543 e. The third-order valence-corrected chi connectivity index (χ3v) is 5.92. The Morgan fingerprint density at radius 1 is 1.00 bits per heavy atom. The van der Waals surface area contributed by atoms with Crippen molar-refractivity contribution in [3.8, 4) is 0 Å².